The van der Waals surface area contributed by atoms with Crippen LogP contribution in [0.2, 0.25) is 0 Å². The number of amides is 1. The summed E-state index contributed by atoms with van der Waals surface area (Å²) in [5, 5.41) is 6.18. The fraction of sp³-hybridized carbons (Fsp3) is 0.583. The maximum absolute atomic E-state index is 11.6. The summed E-state index contributed by atoms with van der Waals surface area (Å²) in [7, 11) is 0. The summed E-state index contributed by atoms with van der Waals surface area (Å²) in [5.74, 6) is 0.773. The van der Waals surface area contributed by atoms with E-state index < -0.39 is 0 Å². The lowest BCUT2D eigenvalue weighted by atomic mass is 10.0. The van der Waals surface area contributed by atoms with Gasteiger partial charge in [0.15, 0.2) is 0 Å². The van der Waals surface area contributed by atoms with Crippen molar-refractivity contribution in [1.82, 2.24) is 20.6 Å². The Labute approximate surface area is 101 Å². The minimum Gasteiger partial charge on any atom is -0.350 e. The standard InChI is InChI=1S/C12H18N4O/c17-12(2-1-10-3-5-13-7-10)15-8-11-4-6-14-9-16-11/h4,6,9-10,13H,1-3,5,7-8H2,(H,15,17). The van der Waals surface area contributed by atoms with Crippen LogP contribution in [0.5, 0.6) is 0 Å². The highest BCUT2D eigenvalue weighted by Crippen LogP contribution is 2.13. The number of rotatable bonds is 5. The highest BCUT2D eigenvalue weighted by Gasteiger charge is 2.15. The lowest BCUT2D eigenvalue weighted by Gasteiger charge is -2.08. The molecule has 1 atom stereocenters. The zero-order valence-electron chi connectivity index (χ0n) is 9.85. The van der Waals surface area contributed by atoms with Crippen molar-refractivity contribution in [2.24, 2.45) is 5.92 Å². The molecule has 2 heterocycles. The Morgan fingerprint density at radius 2 is 2.53 bits per heavy atom. The Balaban J connectivity index is 1.64. The number of nitrogens with one attached hydrogen (secondary N) is 2. The zero-order valence-corrected chi connectivity index (χ0v) is 9.85. The second kappa shape index (κ2) is 6.30. The van der Waals surface area contributed by atoms with Crippen LogP contribution in [0.1, 0.15) is 25.0 Å². The Bertz CT molecular complexity index is 349. The van der Waals surface area contributed by atoms with Crippen molar-refractivity contribution in [1.29, 1.82) is 0 Å². The van der Waals surface area contributed by atoms with Gasteiger partial charge in [-0.1, -0.05) is 0 Å². The van der Waals surface area contributed by atoms with Crippen LogP contribution in [0.15, 0.2) is 18.6 Å². The van der Waals surface area contributed by atoms with E-state index in [0.29, 0.717) is 18.9 Å². The first-order chi connectivity index (χ1) is 8.34. The SMILES string of the molecule is O=C(CCC1CCNC1)NCc1ccncn1. The van der Waals surface area contributed by atoms with Gasteiger partial charge in [0.25, 0.3) is 0 Å². The van der Waals surface area contributed by atoms with Gasteiger partial charge in [0.05, 0.1) is 12.2 Å². The van der Waals surface area contributed by atoms with Crippen molar-refractivity contribution in [2.45, 2.75) is 25.8 Å². The van der Waals surface area contributed by atoms with Crippen LogP contribution in [-0.4, -0.2) is 29.0 Å². The topological polar surface area (TPSA) is 66.9 Å². The fourth-order valence-electron chi connectivity index (χ4n) is 2.00. The van der Waals surface area contributed by atoms with Crippen molar-refractivity contribution in [2.75, 3.05) is 13.1 Å². The van der Waals surface area contributed by atoms with Gasteiger partial charge in [0.1, 0.15) is 6.33 Å². The number of hydrogen-bond donors (Lipinski definition) is 2. The van der Waals surface area contributed by atoms with E-state index in [-0.39, 0.29) is 5.91 Å². The molecule has 5 nitrogen and oxygen atoms in total. The van der Waals surface area contributed by atoms with Gasteiger partial charge < -0.3 is 10.6 Å². The first kappa shape index (κ1) is 12.0. The number of carbonyl (C=O) groups excluding carboxylic acids is 1. The first-order valence-corrected chi connectivity index (χ1v) is 6.07. The Morgan fingerprint density at radius 1 is 1.59 bits per heavy atom. The summed E-state index contributed by atoms with van der Waals surface area (Å²) in [6.07, 6.45) is 5.95. The van der Waals surface area contributed by atoms with Crippen LogP contribution in [0.4, 0.5) is 0 Å². The molecule has 1 fully saturated rings. The van der Waals surface area contributed by atoms with E-state index in [2.05, 4.69) is 20.6 Å². The molecule has 2 N–H and O–H groups in total. The maximum atomic E-state index is 11.6. The van der Waals surface area contributed by atoms with Gasteiger partial charge in [0, 0.05) is 12.6 Å². The molecule has 1 unspecified atom stereocenters. The number of carbonyl (C=O) groups is 1. The molecule has 1 aromatic heterocycles. The van der Waals surface area contributed by atoms with Gasteiger partial charge in [-0.25, -0.2) is 9.97 Å². The molecular formula is C12H18N4O. The third kappa shape index (κ3) is 4.11. The molecule has 0 aromatic carbocycles. The predicted molar refractivity (Wildman–Crippen MR) is 64.1 cm³/mol. The van der Waals surface area contributed by atoms with Gasteiger partial charge in [-0.3, -0.25) is 4.79 Å². The molecule has 1 aliphatic rings. The Hall–Kier alpha value is -1.49. The Morgan fingerprint density at radius 3 is 3.24 bits per heavy atom. The molecule has 92 valence electrons. The third-order valence-electron chi connectivity index (χ3n) is 3.05. The molecule has 1 aliphatic heterocycles. The highest BCUT2D eigenvalue weighted by atomic mass is 16.1. The summed E-state index contributed by atoms with van der Waals surface area (Å²) < 4.78 is 0. The van der Waals surface area contributed by atoms with Crippen LogP contribution < -0.4 is 10.6 Å². The lowest BCUT2D eigenvalue weighted by molar-refractivity contribution is -0.121. The largest absolute Gasteiger partial charge is 0.350 e. The quantitative estimate of drug-likeness (QED) is 0.777. The minimum atomic E-state index is 0.107. The van der Waals surface area contributed by atoms with Gasteiger partial charge in [-0.15, -0.1) is 0 Å². The van der Waals surface area contributed by atoms with Crippen LogP contribution in [0.25, 0.3) is 0 Å². The summed E-state index contributed by atoms with van der Waals surface area (Å²) in [4.78, 5) is 19.5. The van der Waals surface area contributed by atoms with E-state index in [1.807, 2.05) is 0 Å². The van der Waals surface area contributed by atoms with Gasteiger partial charge in [0.2, 0.25) is 5.91 Å². The lowest BCUT2D eigenvalue weighted by Crippen LogP contribution is -2.24. The molecule has 0 saturated carbocycles. The van der Waals surface area contributed by atoms with Gasteiger partial charge >= 0.3 is 0 Å². The van der Waals surface area contributed by atoms with Crippen LogP contribution in [0.3, 0.4) is 0 Å². The molecule has 5 heteroatoms. The second-order valence-electron chi connectivity index (χ2n) is 4.37. The molecule has 1 saturated heterocycles. The highest BCUT2D eigenvalue weighted by molar-refractivity contribution is 5.75. The number of hydrogen-bond acceptors (Lipinski definition) is 4. The van der Waals surface area contributed by atoms with E-state index in [9.17, 15) is 4.79 Å². The minimum absolute atomic E-state index is 0.107. The van der Waals surface area contributed by atoms with E-state index in [4.69, 9.17) is 0 Å². The Kier molecular flexibility index (Phi) is 4.44. The van der Waals surface area contributed by atoms with Crippen LogP contribution in [-0.2, 0) is 11.3 Å². The molecule has 17 heavy (non-hydrogen) atoms. The third-order valence-corrected chi connectivity index (χ3v) is 3.05. The molecular weight excluding hydrogens is 216 g/mol. The molecule has 0 radical (unpaired) electrons. The normalized spacial score (nSPS) is 19.2. The fourth-order valence-corrected chi connectivity index (χ4v) is 2.00. The van der Waals surface area contributed by atoms with Gasteiger partial charge in [-0.05, 0) is 37.9 Å². The van der Waals surface area contributed by atoms with Crippen molar-refractivity contribution in [3.63, 3.8) is 0 Å². The number of nitrogens with zero attached hydrogens (tertiary/aromatic N) is 2. The smallest absolute Gasteiger partial charge is 0.220 e. The molecule has 2 rings (SSSR count). The molecule has 0 bridgehead atoms. The summed E-state index contributed by atoms with van der Waals surface area (Å²) in [6.45, 7) is 2.64. The molecule has 1 aromatic rings. The molecule has 1 amide bonds. The molecule has 0 spiro atoms. The average Bonchev–Trinajstić information content (AvgIpc) is 2.88. The van der Waals surface area contributed by atoms with E-state index in [0.717, 1.165) is 25.2 Å². The maximum Gasteiger partial charge on any atom is 0.220 e. The second-order valence-corrected chi connectivity index (χ2v) is 4.37. The van der Waals surface area contributed by atoms with E-state index in [1.165, 1.54) is 12.7 Å². The summed E-state index contributed by atoms with van der Waals surface area (Å²) in [5.41, 5.74) is 0.843. The first-order valence-electron chi connectivity index (χ1n) is 6.07. The van der Waals surface area contributed by atoms with Crippen LogP contribution in [0, 0.1) is 5.92 Å². The van der Waals surface area contributed by atoms with Crippen molar-refractivity contribution >= 4 is 5.91 Å². The van der Waals surface area contributed by atoms with E-state index >= 15 is 0 Å². The zero-order chi connectivity index (χ0) is 11.9. The van der Waals surface area contributed by atoms with Crippen LogP contribution >= 0.6 is 0 Å². The summed E-state index contributed by atoms with van der Waals surface area (Å²) >= 11 is 0. The summed E-state index contributed by atoms with van der Waals surface area (Å²) in [6, 6.07) is 1.81. The molecule has 0 aliphatic carbocycles. The predicted octanol–water partition coefficient (Wildman–Crippen LogP) is 0.482. The monoisotopic (exact) mass is 234 g/mol. The van der Waals surface area contributed by atoms with Crippen molar-refractivity contribution in [3.8, 4) is 0 Å². The number of aromatic nitrogens is 2. The van der Waals surface area contributed by atoms with E-state index in [1.54, 1.807) is 12.3 Å². The van der Waals surface area contributed by atoms with Crippen molar-refractivity contribution in [3.05, 3.63) is 24.3 Å². The van der Waals surface area contributed by atoms with Gasteiger partial charge in [-0.2, -0.15) is 0 Å². The van der Waals surface area contributed by atoms with Crippen molar-refractivity contribution < 1.29 is 4.79 Å². The average molecular weight is 234 g/mol.